The van der Waals surface area contributed by atoms with Crippen molar-refractivity contribution in [3.05, 3.63) is 130 Å². The summed E-state index contributed by atoms with van der Waals surface area (Å²) in [6, 6.07) is 25.1. The molecule has 0 spiro atoms. The first-order valence-electron chi connectivity index (χ1n) is 11.6. The lowest BCUT2D eigenvalue weighted by Crippen LogP contribution is -2.29. The molecule has 176 valence electrons. The fraction of sp³-hybridized carbons (Fsp3) is 0.0667. The molecule has 2 N–H and O–H groups in total. The number of fused-ring (bicyclic) bond motifs is 3. The zero-order valence-electron chi connectivity index (χ0n) is 19.1. The summed E-state index contributed by atoms with van der Waals surface area (Å²) in [6.45, 7) is 0.469. The summed E-state index contributed by atoms with van der Waals surface area (Å²) >= 11 is 6.09. The lowest BCUT2D eigenvalue weighted by atomic mass is 9.86. The number of hydrogen-bond acceptors (Lipinski definition) is 3. The molecule has 0 atom stereocenters. The summed E-state index contributed by atoms with van der Waals surface area (Å²) in [5.41, 5.74) is 2.32. The molecule has 6 rings (SSSR count). The number of aromatic amines is 1. The quantitative estimate of drug-likeness (QED) is 0.336. The fourth-order valence-corrected chi connectivity index (χ4v) is 5.11. The maximum Gasteiger partial charge on any atom is 0.272 e. The van der Waals surface area contributed by atoms with Gasteiger partial charge in [-0.1, -0.05) is 72.3 Å². The normalized spacial score (nSPS) is 14.7. The van der Waals surface area contributed by atoms with E-state index >= 15 is 0 Å². The van der Waals surface area contributed by atoms with Crippen LogP contribution in [0.25, 0.3) is 32.9 Å². The predicted octanol–water partition coefficient (Wildman–Crippen LogP) is 5.73. The van der Waals surface area contributed by atoms with E-state index in [4.69, 9.17) is 11.6 Å². The zero-order valence-corrected chi connectivity index (χ0v) is 19.9. The van der Waals surface area contributed by atoms with Crippen molar-refractivity contribution in [2.24, 2.45) is 0 Å². The molecule has 0 unspecified atom stereocenters. The molecule has 36 heavy (non-hydrogen) atoms. The van der Waals surface area contributed by atoms with Crippen molar-refractivity contribution in [3.8, 4) is 11.1 Å². The van der Waals surface area contributed by atoms with E-state index in [9.17, 15) is 14.7 Å². The molecule has 0 saturated heterocycles. The van der Waals surface area contributed by atoms with Crippen molar-refractivity contribution in [1.29, 1.82) is 0 Å². The number of nitrogens with zero attached hydrogens (tertiary/aromatic N) is 1. The standard InChI is InChI=1S/C30H21ClN2O3/c31-21-12-10-19(11-13-21)18-33-24-9-5-4-8-23(24)26-25(20-6-2-1-3-7-20)28(32-29(35)27(26)33)30(36)16-14-22(34)15-17-30/h1-17,36H,18H2,(H,32,35). The van der Waals surface area contributed by atoms with Crippen LogP contribution in [0.2, 0.25) is 5.02 Å². The largest absolute Gasteiger partial charge is 0.376 e. The summed E-state index contributed by atoms with van der Waals surface area (Å²) in [6.07, 6.45) is 5.49. The number of ketones is 1. The zero-order chi connectivity index (χ0) is 24.9. The Balaban J connectivity index is 1.74. The van der Waals surface area contributed by atoms with E-state index in [0.29, 0.717) is 28.3 Å². The van der Waals surface area contributed by atoms with E-state index in [2.05, 4.69) is 4.98 Å². The molecule has 0 aliphatic heterocycles. The van der Waals surface area contributed by atoms with Crippen LogP contribution in [0.3, 0.4) is 0 Å². The number of rotatable bonds is 4. The van der Waals surface area contributed by atoms with Crippen LogP contribution in [0.1, 0.15) is 11.3 Å². The van der Waals surface area contributed by atoms with Crippen LogP contribution in [-0.2, 0) is 16.9 Å². The number of allylic oxidation sites excluding steroid dienone is 2. The molecule has 1 aliphatic carbocycles. The first-order valence-corrected chi connectivity index (χ1v) is 11.9. The Labute approximate surface area is 211 Å². The van der Waals surface area contributed by atoms with Gasteiger partial charge < -0.3 is 14.7 Å². The second-order valence-corrected chi connectivity index (χ2v) is 9.35. The van der Waals surface area contributed by atoms with Gasteiger partial charge in [-0.3, -0.25) is 9.59 Å². The Hall–Kier alpha value is -4.19. The third kappa shape index (κ3) is 3.61. The maximum atomic E-state index is 13.7. The number of carbonyl (C=O) groups is 1. The van der Waals surface area contributed by atoms with E-state index < -0.39 is 5.60 Å². The van der Waals surface area contributed by atoms with Crippen molar-refractivity contribution in [2.75, 3.05) is 0 Å². The van der Waals surface area contributed by atoms with Crippen molar-refractivity contribution >= 4 is 39.2 Å². The molecule has 6 heteroatoms. The molecule has 2 heterocycles. The van der Waals surface area contributed by atoms with E-state index in [-0.39, 0.29) is 11.3 Å². The van der Waals surface area contributed by atoms with E-state index in [1.165, 1.54) is 24.3 Å². The van der Waals surface area contributed by atoms with Gasteiger partial charge in [0.25, 0.3) is 5.56 Å². The fourth-order valence-electron chi connectivity index (χ4n) is 4.98. The molecule has 0 amide bonds. The number of halogens is 1. The highest BCUT2D eigenvalue weighted by molar-refractivity contribution is 6.30. The number of aliphatic hydroxyl groups is 1. The molecule has 2 aromatic heterocycles. The molecule has 0 saturated carbocycles. The van der Waals surface area contributed by atoms with Gasteiger partial charge in [0, 0.05) is 33.4 Å². The van der Waals surface area contributed by atoms with Crippen LogP contribution in [0.5, 0.6) is 0 Å². The number of benzene rings is 3. The van der Waals surface area contributed by atoms with Gasteiger partial charge >= 0.3 is 0 Å². The Morgan fingerprint density at radius 1 is 0.861 bits per heavy atom. The number of H-pyrrole nitrogens is 1. The number of para-hydroxylation sites is 1. The number of hydrogen-bond donors (Lipinski definition) is 2. The van der Waals surface area contributed by atoms with Gasteiger partial charge in [0.15, 0.2) is 5.78 Å². The minimum absolute atomic E-state index is 0.219. The number of pyridine rings is 1. The van der Waals surface area contributed by atoms with Crippen LogP contribution in [-0.4, -0.2) is 20.4 Å². The number of nitrogens with one attached hydrogen (secondary N) is 1. The molecule has 5 aromatic rings. The van der Waals surface area contributed by atoms with Crippen molar-refractivity contribution in [3.63, 3.8) is 0 Å². The lowest BCUT2D eigenvalue weighted by Gasteiger charge is -2.26. The highest BCUT2D eigenvalue weighted by atomic mass is 35.5. The highest BCUT2D eigenvalue weighted by Crippen LogP contribution is 2.41. The van der Waals surface area contributed by atoms with Gasteiger partial charge in [-0.2, -0.15) is 0 Å². The minimum Gasteiger partial charge on any atom is -0.376 e. The van der Waals surface area contributed by atoms with E-state index in [1.807, 2.05) is 83.4 Å². The monoisotopic (exact) mass is 492 g/mol. The Morgan fingerprint density at radius 3 is 2.25 bits per heavy atom. The van der Waals surface area contributed by atoms with Crippen LogP contribution in [0.4, 0.5) is 0 Å². The number of carbonyl (C=O) groups excluding carboxylic acids is 1. The summed E-state index contributed by atoms with van der Waals surface area (Å²) in [5.74, 6) is -0.219. The third-order valence-electron chi connectivity index (χ3n) is 6.64. The molecular weight excluding hydrogens is 472 g/mol. The van der Waals surface area contributed by atoms with Gasteiger partial charge in [-0.05, 0) is 53.6 Å². The van der Waals surface area contributed by atoms with Gasteiger partial charge in [0.2, 0.25) is 0 Å². The van der Waals surface area contributed by atoms with Gasteiger partial charge in [0.1, 0.15) is 11.1 Å². The number of aromatic nitrogens is 2. The van der Waals surface area contributed by atoms with Crippen LogP contribution >= 0.6 is 11.6 Å². The molecule has 0 bridgehead atoms. The molecule has 1 aliphatic rings. The summed E-state index contributed by atoms with van der Waals surface area (Å²) in [5, 5.41) is 13.9. The third-order valence-corrected chi connectivity index (χ3v) is 6.90. The Bertz CT molecular complexity index is 1740. The Kier molecular flexibility index (Phi) is 5.25. The first-order chi connectivity index (χ1) is 17.4. The van der Waals surface area contributed by atoms with Crippen LogP contribution in [0, 0.1) is 0 Å². The van der Waals surface area contributed by atoms with Gasteiger partial charge in [0.05, 0.1) is 5.69 Å². The van der Waals surface area contributed by atoms with Crippen molar-refractivity contribution in [1.82, 2.24) is 9.55 Å². The molecule has 0 fully saturated rings. The van der Waals surface area contributed by atoms with Crippen molar-refractivity contribution < 1.29 is 9.90 Å². The lowest BCUT2D eigenvalue weighted by molar-refractivity contribution is -0.110. The van der Waals surface area contributed by atoms with Gasteiger partial charge in [-0.25, -0.2) is 0 Å². The van der Waals surface area contributed by atoms with Crippen molar-refractivity contribution in [2.45, 2.75) is 12.1 Å². The summed E-state index contributed by atoms with van der Waals surface area (Å²) in [4.78, 5) is 28.5. The maximum absolute atomic E-state index is 13.7. The van der Waals surface area contributed by atoms with Crippen LogP contribution < -0.4 is 5.56 Å². The SMILES string of the molecule is O=C1C=CC(O)(c2[nH]c(=O)c3c(c2-c2ccccc2)c2ccccc2n3Cc2ccc(Cl)cc2)C=C1. The molecule has 0 radical (unpaired) electrons. The second kappa shape index (κ2) is 8.48. The van der Waals surface area contributed by atoms with E-state index in [1.54, 1.807) is 0 Å². The van der Waals surface area contributed by atoms with Gasteiger partial charge in [-0.15, -0.1) is 0 Å². The first kappa shape index (κ1) is 22.3. The summed E-state index contributed by atoms with van der Waals surface area (Å²) in [7, 11) is 0. The highest BCUT2D eigenvalue weighted by Gasteiger charge is 2.33. The molecular formula is C30H21ClN2O3. The molecule has 5 nitrogen and oxygen atoms in total. The topological polar surface area (TPSA) is 75.1 Å². The predicted molar refractivity (Wildman–Crippen MR) is 143 cm³/mol. The average Bonchev–Trinajstić information content (AvgIpc) is 3.22. The summed E-state index contributed by atoms with van der Waals surface area (Å²) < 4.78 is 2.00. The Morgan fingerprint density at radius 2 is 1.53 bits per heavy atom. The second-order valence-electron chi connectivity index (χ2n) is 8.92. The molecule has 3 aromatic carbocycles. The smallest absolute Gasteiger partial charge is 0.272 e. The average molecular weight is 493 g/mol. The van der Waals surface area contributed by atoms with E-state index in [0.717, 1.165) is 27.4 Å². The van der Waals surface area contributed by atoms with Crippen LogP contribution in [0.15, 0.2) is 108 Å². The minimum atomic E-state index is -1.65.